The fourth-order valence-electron chi connectivity index (χ4n) is 3.54. The minimum atomic E-state index is -4.41. The molecule has 4 aromatic rings. The van der Waals surface area contributed by atoms with E-state index in [9.17, 15) is 18.4 Å². The van der Waals surface area contributed by atoms with Crippen LogP contribution in [0.15, 0.2) is 54.6 Å². The van der Waals surface area contributed by atoms with Crippen molar-refractivity contribution in [3.8, 4) is 11.8 Å². The van der Waals surface area contributed by atoms with Crippen molar-refractivity contribution in [1.29, 1.82) is 5.26 Å². The number of aryl methyl sites for hydroxylation is 1. The zero-order chi connectivity index (χ0) is 21.5. The Kier molecular flexibility index (Phi) is 4.70. The number of aromatic nitrogens is 3. The summed E-state index contributed by atoms with van der Waals surface area (Å²) in [5.41, 5.74) is 3.87. The second-order valence-electron chi connectivity index (χ2n) is 6.98. The third kappa shape index (κ3) is 3.48. The van der Waals surface area contributed by atoms with Crippen molar-refractivity contribution in [3.63, 3.8) is 0 Å². The van der Waals surface area contributed by atoms with E-state index in [1.54, 1.807) is 16.7 Å². The molecule has 4 rings (SSSR count). The number of imidazole rings is 1. The zero-order valence-electron chi connectivity index (χ0n) is 16.2. The summed E-state index contributed by atoms with van der Waals surface area (Å²) in [7, 11) is 0. The molecule has 1 N–H and O–H groups in total. The van der Waals surface area contributed by atoms with Crippen LogP contribution in [0.5, 0.6) is 0 Å². The second kappa shape index (κ2) is 7.23. The molecule has 0 aliphatic carbocycles. The third-order valence-corrected chi connectivity index (χ3v) is 4.97. The number of para-hydroxylation sites is 2. The molecular weight excluding hydrogens is 389 g/mol. The average Bonchev–Trinajstić information content (AvgIpc) is 3.26. The molecule has 0 unspecified atom stereocenters. The molecule has 0 atom stereocenters. The van der Waals surface area contributed by atoms with E-state index < -0.39 is 11.7 Å². The molecule has 2 aromatic carbocycles. The Hall–Kier alpha value is -3.79. The van der Waals surface area contributed by atoms with Gasteiger partial charge in [-0.3, -0.25) is 0 Å². The standard InChI is InChI=1S/C23H17F3N4/c1-14-10-16(11-17(13-27)22-28-20-8-3-4-9-21(20)29-22)15(2)30(14)19-7-5-6-18(12-19)23(24,25)26/h3-12H,1-2H3,(H,28,29)/b17-11-. The van der Waals surface area contributed by atoms with Crippen LogP contribution in [-0.2, 0) is 6.18 Å². The van der Waals surface area contributed by atoms with Gasteiger partial charge in [0.2, 0.25) is 0 Å². The van der Waals surface area contributed by atoms with E-state index in [4.69, 9.17) is 0 Å². The molecule has 30 heavy (non-hydrogen) atoms. The number of aromatic amines is 1. The van der Waals surface area contributed by atoms with Gasteiger partial charge in [0.1, 0.15) is 11.9 Å². The summed E-state index contributed by atoms with van der Waals surface area (Å²) >= 11 is 0. The summed E-state index contributed by atoms with van der Waals surface area (Å²) in [6, 6.07) is 16.7. The minimum absolute atomic E-state index is 0.343. The molecule has 2 aromatic heterocycles. The maximum Gasteiger partial charge on any atom is 0.416 e. The topological polar surface area (TPSA) is 57.4 Å². The van der Waals surface area contributed by atoms with Crippen molar-refractivity contribution in [2.75, 3.05) is 0 Å². The van der Waals surface area contributed by atoms with Crippen LogP contribution in [-0.4, -0.2) is 14.5 Å². The first-order valence-corrected chi connectivity index (χ1v) is 9.21. The lowest BCUT2D eigenvalue weighted by Gasteiger charge is -2.13. The molecule has 0 saturated heterocycles. The van der Waals surface area contributed by atoms with E-state index in [0.29, 0.717) is 17.1 Å². The van der Waals surface area contributed by atoms with Gasteiger partial charge in [-0.1, -0.05) is 18.2 Å². The minimum Gasteiger partial charge on any atom is -0.337 e. The number of nitrogens with one attached hydrogen (secondary N) is 1. The van der Waals surface area contributed by atoms with Gasteiger partial charge in [0, 0.05) is 17.1 Å². The third-order valence-electron chi connectivity index (χ3n) is 4.97. The fraction of sp³-hybridized carbons (Fsp3) is 0.130. The quantitative estimate of drug-likeness (QED) is 0.421. The number of alkyl halides is 3. The number of benzene rings is 2. The summed E-state index contributed by atoms with van der Waals surface area (Å²) in [4.78, 5) is 7.59. The normalized spacial score (nSPS) is 12.3. The van der Waals surface area contributed by atoms with Crippen LogP contribution in [0.1, 0.15) is 28.3 Å². The Morgan fingerprint density at radius 2 is 1.87 bits per heavy atom. The van der Waals surface area contributed by atoms with E-state index >= 15 is 0 Å². The predicted molar refractivity (Wildman–Crippen MR) is 110 cm³/mol. The van der Waals surface area contributed by atoms with Gasteiger partial charge in [-0.15, -0.1) is 0 Å². The highest BCUT2D eigenvalue weighted by Gasteiger charge is 2.30. The highest BCUT2D eigenvalue weighted by atomic mass is 19.4. The monoisotopic (exact) mass is 406 g/mol. The Morgan fingerprint density at radius 1 is 1.10 bits per heavy atom. The number of H-pyrrole nitrogens is 1. The number of hydrogen-bond donors (Lipinski definition) is 1. The first-order chi connectivity index (χ1) is 14.3. The van der Waals surface area contributed by atoms with Gasteiger partial charge in [0.25, 0.3) is 0 Å². The smallest absolute Gasteiger partial charge is 0.337 e. The van der Waals surface area contributed by atoms with E-state index in [0.717, 1.165) is 40.1 Å². The molecule has 0 aliphatic heterocycles. The van der Waals surface area contributed by atoms with Crippen molar-refractivity contribution in [2.45, 2.75) is 20.0 Å². The van der Waals surface area contributed by atoms with Crippen LogP contribution in [0.3, 0.4) is 0 Å². The highest BCUT2D eigenvalue weighted by Crippen LogP contribution is 2.32. The van der Waals surface area contributed by atoms with Crippen LogP contribution >= 0.6 is 0 Å². The Balaban J connectivity index is 1.79. The number of fused-ring (bicyclic) bond motifs is 1. The molecule has 0 aliphatic rings. The van der Waals surface area contributed by atoms with Gasteiger partial charge in [0.15, 0.2) is 0 Å². The number of rotatable bonds is 3. The van der Waals surface area contributed by atoms with Crippen molar-refractivity contribution in [1.82, 2.24) is 14.5 Å². The molecule has 2 heterocycles. The summed E-state index contributed by atoms with van der Waals surface area (Å²) < 4.78 is 41.1. The van der Waals surface area contributed by atoms with Crippen LogP contribution in [0.4, 0.5) is 13.2 Å². The molecule has 0 spiro atoms. The van der Waals surface area contributed by atoms with Gasteiger partial charge in [-0.2, -0.15) is 18.4 Å². The molecule has 0 fully saturated rings. The molecule has 4 nitrogen and oxygen atoms in total. The largest absolute Gasteiger partial charge is 0.416 e. The number of nitriles is 1. The Labute approximate surface area is 170 Å². The number of halogens is 3. The number of allylic oxidation sites excluding steroid dienone is 1. The van der Waals surface area contributed by atoms with Gasteiger partial charge in [-0.05, 0) is 61.9 Å². The van der Waals surface area contributed by atoms with Crippen molar-refractivity contribution in [2.24, 2.45) is 0 Å². The number of nitrogens with zero attached hydrogens (tertiary/aromatic N) is 3. The first-order valence-electron chi connectivity index (χ1n) is 9.21. The molecule has 0 saturated carbocycles. The SMILES string of the molecule is Cc1cc(/C=C(/C#N)c2nc3ccccc3[nH]2)c(C)n1-c1cccc(C(F)(F)F)c1. The Morgan fingerprint density at radius 3 is 2.57 bits per heavy atom. The van der Waals surface area contributed by atoms with Crippen LogP contribution < -0.4 is 0 Å². The van der Waals surface area contributed by atoms with Crippen molar-refractivity contribution >= 4 is 22.7 Å². The summed E-state index contributed by atoms with van der Waals surface area (Å²) in [5, 5.41) is 9.67. The highest BCUT2D eigenvalue weighted by molar-refractivity contribution is 5.90. The summed E-state index contributed by atoms with van der Waals surface area (Å²) in [6.07, 6.45) is -2.72. The maximum absolute atomic E-state index is 13.1. The second-order valence-corrected chi connectivity index (χ2v) is 6.98. The molecule has 0 radical (unpaired) electrons. The lowest BCUT2D eigenvalue weighted by Crippen LogP contribution is -2.07. The lowest BCUT2D eigenvalue weighted by molar-refractivity contribution is -0.137. The van der Waals surface area contributed by atoms with E-state index in [2.05, 4.69) is 16.0 Å². The van der Waals surface area contributed by atoms with E-state index in [1.807, 2.05) is 44.2 Å². The zero-order valence-corrected chi connectivity index (χ0v) is 16.2. The molecule has 7 heteroatoms. The first kappa shape index (κ1) is 19.5. The molecular formula is C23H17F3N4. The predicted octanol–water partition coefficient (Wildman–Crippen LogP) is 6.05. The van der Waals surface area contributed by atoms with Crippen molar-refractivity contribution < 1.29 is 13.2 Å². The van der Waals surface area contributed by atoms with Crippen molar-refractivity contribution in [3.05, 3.63) is 82.9 Å². The van der Waals surface area contributed by atoms with Crippen LogP contribution in [0, 0.1) is 25.2 Å². The van der Waals surface area contributed by atoms with Gasteiger partial charge >= 0.3 is 6.18 Å². The van der Waals surface area contributed by atoms with Crippen LogP contribution in [0.2, 0.25) is 0 Å². The summed E-state index contributed by atoms with van der Waals surface area (Å²) in [6.45, 7) is 3.63. The summed E-state index contributed by atoms with van der Waals surface area (Å²) in [5.74, 6) is 0.447. The maximum atomic E-state index is 13.1. The van der Waals surface area contributed by atoms with Gasteiger partial charge < -0.3 is 9.55 Å². The van der Waals surface area contributed by atoms with E-state index in [-0.39, 0.29) is 0 Å². The number of hydrogen-bond acceptors (Lipinski definition) is 2. The molecule has 0 amide bonds. The van der Waals surface area contributed by atoms with Gasteiger partial charge in [-0.25, -0.2) is 4.98 Å². The molecule has 0 bridgehead atoms. The molecule has 150 valence electrons. The van der Waals surface area contributed by atoms with E-state index in [1.165, 1.54) is 6.07 Å². The fourth-order valence-corrected chi connectivity index (χ4v) is 3.54. The Bertz CT molecular complexity index is 1280. The lowest BCUT2D eigenvalue weighted by atomic mass is 10.1. The van der Waals surface area contributed by atoms with Crippen LogP contribution in [0.25, 0.3) is 28.4 Å². The van der Waals surface area contributed by atoms with Gasteiger partial charge in [0.05, 0.1) is 22.2 Å². The average molecular weight is 406 g/mol.